The molecule has 0 spiro atoms. The summed E-state index contributed by atoms with van der Waals surface area (Å²) in [5.41, 5.74) is 1.89. The predicted molar refractivity (Wildman–Crippen MR) is 105 cm³/mol. The third-order valence-electron chi connectivity index (χ3n) is 4.06. The zero-order chi connectivity index (χ0) is 19.6. The summed E-state index contributed by atoms with van der Waals surface area (Å²) in [6.45, 7) is 3.20. The van der Waals surface area contributed by atoms with Gasteiger partial charge < -0.3 is 9.32 Å². The van der Waals surface area contributed by atoms with Crippen molar-refractivity contribution >= 4 is 38.5 Å². The molecule has 2 aromatic heterocycles. The Morgan fingerprint density at radius 2 is 2.04 bits per heavy atom. The fourth-order valence-electron chi connectivity index (χ4n) is 2.69. The molecule has 8 nitrogen and oxygen atoms in total. The highest BCUT2D eigenvalue weighted by molar-refractivity contribution is 7.22. The number of nitrogens with zero attached hydrogens (tertiary/aromatic N) is 4. The van der Waals surface area contributed by atoms with Crippen LogP contribution in [0.2, 0.25) is 0 Å². The molecule has 0 atom stereocenters. The van der Waals surface area contributed by atoms with Crippen LogP contribution in [0.1, 0.15) is 22.5 Å². The van der Waals surface area contributed by atoms with Crippen LogP contribution in [0.15, 0.2) is 34.7 Å². The van der Waals surface area contributed by atoms with Crippen LogP contribution in [0.4, 0.5) is 11.0 Å². The van der Waals surface area contributed by atoms with Gasteiger partial charge in [0.25, 0.3) is 5.91 Å². The Labute approximate surface area is 160 Å². The quantitative estimate of drug-likeness (QED) is 0.452. The summed E-state index contributed by atoms with van der Waals surface area (Å²) in [6.07, 6.45) is 0.733. The number of carbonyl (C=O) groups is 1. The van der Waals surface area contributed by atoms with Gasteiger partial charge in [-0.2, -0.15) is 0 Å². The van der Waals surface area contributed by atoms with Gasteiger partial charge in [-0.1, -0.05) is 23.5 Å². The first-order valence-electron chi connectivity index (χ1n) is 8.44. The number of carbonyl (C=O) groups excluding carboxylic acids is 1. The first-order chi connectivity index (χ1) is 12.9. The Morgan fingerprint density at radius 1 is 1.26 bits per heavy atom. The van der Waals surface area contributed by atoms with Gasteiger partial charge in [-0.25, -0.2) is 4.98 Å². The van der Waals surface area contributed by atoms with Gasteiger partial charge in [0.2, 0.25) is 0 Å². The minimum atomic E-state index is -0.659. The average molecular weight is 388 g/mol. The first-order valence-corrected chi connectivity index (χ1v) is 9.25. The van der Waals surface area contributed by atoms with E-state index in [4.69, 9.17) is 4.42 Å². The van der Waals surface area contributed by atoms with Crippen LogP contribution < -0.4 is 4.90 Å². The highest BCUT2D eigenvalue weighted by atomic mass is 32.1. The maximum absolute atomic E-state index is 13.0. The van der Waals surface area contributed by atoms with Gasteiger partial charge in [-0.05, 0) is 51.7 Å². The molecule has 0 N–H and O–H groups in total. The summed E-state index contributed by atoms with van der Waals surface area (Å²) in [5.74, 6) is -0.951. The number of aromatic nitrogens is 1. The maximum atomic E-state index is 13.0. The van der Waals surface area contributed by atoms with Crippen LogP contribution in [-0.4, -0.2) is 47.9 Å². The molecule has 0 bridgehead atoms. The van der Waals surface area contributed by atoms with Crippen LogP contribution in [0.5, 0.6) is 0 Å². The smallest absolute Gasteiger partial charge is 0.395 e. The molecule has 2 heterocycles. The molecule has 0 aliphatic rings. The number of hydrogen-bond donors (Lipinski definition) is 0. The number of fused-ring (bicyclic) bond motifs is 1. The molecule has 1 aromatic carbocycles. The molecule has 3 aromatic rings. The minimum absolute atomic E-state index is 0.0671. The van der Waals surface area contributed by atoms with Crippen molar-refractivity contribution in [3.8, 4) is 0 Å². The lowest BCUT2D eigenvalue weighted by Crippen LogP contribution is -2.33. The number of aryl methyl sites for hydroxylation is 1. The van der Waals surface area contributed by atoms with Crippen LogP contribution in [0.3, 0.4) is 0 Å². The zero-order valence-corrected chi connectivity index (χ0v) is 16.2. The number of thiazole rings is 1. The lowest BCUT2D eigenvalue weighted by molar-refractivity contribution is -0.402. The Hall–Kier alpha value is -2.78. The number of anilines is 1. The van der Waals surface area contributed by atoms with Gasteiger partial charge in [0.1, 0.15) is 4.92 Å². The van der Waals surface area contributed by atoms with Crippen LogP contribution in [0.25, 0.3) is 10.2 Å². The molecule has 0 radical (unpaired) electrons. The second-order valence-electron chi connectivity index (χ2n) is 6.43. The number of amides is 1. The van der Waals surface area contributed by atoms with E-state index < -0.39 is 16.7 Å². The molecule has 27 heavy (non-hydrogen) atoms. The molecule has 0 aliphatic carbocycles. The Bertz CT molecular complexity index is 979. The van der Waals surface area contributed by atoms with E-state index in [9.17, 15) is 14.9 Å². The molecule has 0 unspecified atom stereocenters. The number of furan rings is 1. The molecule has 142 valence electrons. The average Bonchev–Trinajstić information content (AvgIpc) is 3.25. The van der Waals surface area contributed by atoms with Gasteiger partial charge in [0.05, 0.1) is 16.3 Å². The van der Waals surface area contributed by atoms with E-state index in [1.54, 1.807) is 0 Å². The van der Waals surface area contributed by atoms with E-state index in [1.165, 1.54) is 28.4 Å². The maximum Gasteiger partial charge on any atom is 0.433 e. The van der Waals surface area contributed by atoms with E-state index >= 15 is 0 Å². The predicted octanol–water partition coefficient (Wildman–Crippen LogP) is 3.70. The molecule has 1 amide bonds. The fourth-order valence-corrected chi connectivity index (χ4v) is 3.76. The van der Waals surface area contributed by atoms with Crippen molar-refractivity contribution in [2.45, 2.75) is 13.3 Å². The van der Waals surface area contributed by atoms with Crippen molar-refractivity contribution in [3.63, 3.8) is 0 Å². The SMILES string of the molecule is Cc1cccc2sc(N(CCCN(C)C)C(=O)c3ccc([N+](=O)[O-])o3)nc12. The number of nitro groups is 1. The highest BCUT2D eigenvalue weighted by Gasteiger charge is 2.26. The number of benzene rings is 1. The van der Waals surface area contributed by atoms with E-state index in [0.29, 0.717) is 11.7 Å². The zero-order valence-electron chi connectivity index (χ0n) is 15.3. The topological polar surface area (TPSA) is 92.7 Å². The van der Waals surface area contributed by atoms with Crippen molar-refractivity contribution < 1.29 is 14.1 Å². The monoisotopic (exact) mass is 388 g/mol. The lowest BCUT2D eigenvalue weighted by atomic mass is 10.2. The fraction of sp³-hybridized carbons (Fsp3) is 0.333. The summed E-state index contributed by atoms with van der Waals surface area (Å²) in [6, 6.07) is 8.41. The summed E-state index contributed by atoms with van der Waals surface area (Å²) in [4.78, 5) is 31.4. The number of para-hydroxylation sites is 1. The van der Waals surface area contributed by atoms with E-state index in [0.717, 1.165) is 28.7 Å². The van der Waals surface area contributed by atoms with E-state index in [2.05, 4.69) is 4.98 Å². The molecule has 3 rings (SSSR count). The second kappa shape index (κ2) is 7.85. The van der Waals surface area contributed by atoms with Crippen molar-refractivity contribution in [1.29, 1.82) is 0 Å². The summed E-state index contributed by atoms with van der Waals surface area (Å²) >= 11 is 1.42. The summed E-state index contributed by atoms with van der Waals surface area (Å²) in [5, 5.41) is 11.4. The number of rotatable bonds is 7. The molecule has 0 saturated carbocycles. The Kier molecular flexibility index (Phi) is 5.52. The summed E-state index contributed by atoms with van der Waals surface area (Å²) in [7, 11) is 3.92. The third kappa shape index (κ3) is 4.15. The molecule has 0 fully saturated rings. The minimum Gasteiger partial charge on any atom is -0.395 e. The summed E-state index contributed by atoms with van der Waals surface area (Å²) < 4.78 is 6.10. The van der Waals surface area contributed by atoms with Gasteiger partial charge in [0, 0.05) is 6.54 Å². The van der Waals surface area contributed by atoms with Gasteiger partial charge in [-0.15, -0.1) is 0 Å². The van der Waals surface area contributed by atoms with E-state index in [-0.39, 0.29) is 5.76 Å². The second-order valence-corrected chi connectivity index (χ2v) is 7.44. The van der Waals surface area contributed by atoms with Crippen molar-refractivity contribution in [2.75, 3.05) is 32.1 Å². The van der Waals surface area contributed by atoms with Gasteiger partial charge in [-0.3, -0.25) is 19.8 Å². The lowest BCUT2D eigenvalue weighted by Gasteiger charge is -2.19. The molecule has 0 aliphatic heterocycles. The molecule has 0 saturated heterocycles. The molecule has 9 heteroatoms. The molecular formula is C18H20N4O4S. The van der Waals surface area contributed by atoms with Crippen molar-refractivity contribution in [2.24, 2.45) is 0 Å². The standard InChI is InChI=1S/C18H20N4O4S/c1-12-6-4-7-14-16(12)19-18(27-14)21(11-5-10-20(2)3)17(23)13-8-9-15(26-13)22(24)25/h4,6-9H,5,10-11H2,1-3H3. The van der Waals surface area contributed by atoms with Gasteiger partial charge in [0.15, 0.2) is 10.9 Å². The third-order valence-corrected chi connectivity index (χ3v) is 5.10. The van der Waals surface area contributed by atoms with Gasteiger partial charge >= 0.3 is 5.88 Å². The van der Waals surface area contributed by atoms with Crippen molar-refractivity contribution in [1.82, 2.24) is 9.88 Å². The molecular weight excluding hydrogens is 368 g/mol. The van der Waals surface area contributed by atoms with Crippen LogP contribution in [-0.2, 0) is 0 Å². The van der Waals surface area contributed by atoms with Crippen LogP contribution in [0, 0.1) is 17.0 Å². The normalized spacial score (nSPS) is 11.3. The highest BCUT2D eigenvalue weighted by Crippen LogP contribution is 2.32. The first kappa shape index (κ1) is 19.0. The Balaban J connectivity index is 1.94. The van der Waals surface area contributed by atoms with Crippen molar-refractivity contribution in [3.05, 3.63) is 51.8 Å². The number of hydrogen-bond acceptors (Lipinski definition) is 7. The largest absolute Gasteiger partial charge is 0.433 e. The Morgan fingerprint density at radius 3 is 2.67 bits per heavy atom. The van der Waals surface area contributed by atoms with Crippen LogP contribution >= 0.6 is 11.3 Å². The van der Waals surface area contributed by atoms with E-state index in [1.807, 2.05) is 44.1 Å².